The standard InChI is InChI=1S/C32H40BrN3O4S/c1-23(2)26-15-17-28(18-16-26)36(41(6,39)40)22-30(37)35(21-25-13-10-14-27(33)19-25)29(31(38)34-32(3,4)5)20-24-11-8-7-9-12-24/h7-19,23,29H,20-22H2,1-6H3,(H,34,38)/t29-/m0/s1. The second-order valence-corrected chi connectivity index (χ2v) is 14.4. The van der Waals surface area contributed by atoms with Gasteiger partial charge in [0.25, 0.3) is 0 Å². The van der Waals surface area contributed by atoms with Crippen LogP contribution >= 0.6 is 15.9 Å². The topological polar surface area (TPSA) is 86.8 Å². The van der Waals surface area contributed by atoms with Gasteiger partial charge in [0.1, 0.15) is 12.6 Å². The molecule has 3 aromatic carbocycles. The monoisotopic (exact) mass is 641 g/mol. The van der Waals surface area contributed by atoms with Crippen molar-refractivity contribution >= 4 is 43.5 Å². The van der Waals surface area contributed by atoms with E-state index in [4.69, 9.17) is 0 Å². The van der Waals surface area contributed by atoms with Gasteiger partial charge in [-0.05, 0) is 67.6 Å². The summed E-state index contributed by atoms with van der Waals surface area (Å²) in [5.41, 5.74) is 2.62. The summed E-state index contributed by atoms with van der Waals surface area (Å²) in [6.07, 6.45) is 1.35. The lowest BCUT2D eigenvalue weighted by atomic mass is 10.0. The Bertz CT molecular complexity index is 1440. The summed E-state index contributed by atoms with van der Waals surface area (Å²) in [6.45, 7) is 9.45. The number of hydrogen-bond donors (Lipinski definition) is 1. The molecule has 0 aliphatic heterocycles. The molecule has 0 saturated carbocycles. The summed E-state index contributed by atoms with van der Waals surface area (Å²) >= 11 is 3.49. The third kappa shape index (κ3) is 9.71. The first kappa shape index (κ1) is 32.3. The number of nitrogens with one attached hydrogen (secondary N) is 1. The zero-order valence-electron chi connectivity index (χ0n) is 24.6. The number of hydrogen-bond acceptors (Lipinski definition) is 4. The fourth-order valence-corrected chi connectivity index (χ4v) is 5.77. The largest absolute Gasteiger partial charge is 0.350 e. The maximum Gasteiger partial charge on any atom is 0.244 e. The van der Waals surface area contributed by atoms with Gasteiger partial charge in [-0.2, -0.15) is 0 Å². The van der Waals surface area contributed by atoms with Crippen LogP contribution in [0.3, 0.4) is 0 Å². The van der Waals surface area contributed by atoms with Gasteiger partial charge in [-0.15, -0.1) is 0 Å². The predicted octanol–water partition coefficient (Wildman–Crippen LogP) is 5.89. The molecule has 220 valence electrons. The van der Waals surface area contributed by atoms with Gasteiger partial charge in [0.2, 0.25) is 21.8 Å². The van der Waals surface area contributed by atoms with Crippen molar-refractivity contribution in [1.29, 1.82) is 0 Å². The first-order valence-electron chi connectivity index (χ1n) is 13.6. The smallest absolute Gasteiger partial charge is 0.244 e. The second-order valence-electron chi connectivity index (χ2n) is 11.6. The van der Waals surface area contributed by atoms with Crippen LogP contribution in [0.4, 0.5) is 5.69 Å². The third-order valence-electron chi connectivity index (χ3n) is 6.54. The van der Waals surface area contributed by atoms with Crippen molar-refractivity contribution in [3.05, 3.63) is 100 Å². The first-order valence-corrected chi connectivity index (χ1v) is 16.3. The highest BCUT2D eigenvalue weighted by Gasteiger charge is 2.34. The molecular formula is C32H40BrN3O4S. The Labute approximate surface area is 253 Å². The van der Waals surface area contributed by atoms with Crippen molar-refractivity contribution in [3.63, 3.8) is 0 Å². The Hall–Kier alpha value is -3.17. The van der Waals surface area contributed by atoms with E-state index in [0.717, 1.165) is 31.7 Å². The van der Waals surface area contributed by atoms with Crippen molar-refractivity contribution in [3.8, 4) is 0 Å². The first-order chi connectivity index (χ1) is 19.1. The van der Waals surface area contributed by atoms with Crippen LogP contribution in [0.15, 0.2) is 83.3 Å². The Morgan fingerprint density at radius 1 is 0.902 bits per heavy atom. The van der Waals surface area contributed by atoms with Crippen molar-refractivity contribution in [2.24, 2.45) is 0 Å². The number of carbonyl (C=O) groups excluding carboxylic acids is 2. The number of carbonyl (C=O) groups is 2. The molecule has 0 aromatic heterocycles. The normalized spacial score (nSPS) is 12.6. The Balaban J connectivity index is 2.06. The molecule has 0 unspecified atom stereocenters. The highest BCUT2D eigenvalue weighted by atomic mass is 79.9. The fourth-order valence-electron chi connectivity index (χ4n) is 4.48. The molecule has 9 heteroatoms. The van der Waals surface area contributed by atoms with Gasteiger partial charge < -0.3 is 10.2 Å². The molecule has 0 aliphatic rings. The maximum atomic E-state index is 14.2. The SMILES string of the molecule is CC(C)c1ccc(N(CC(=O)N(Cc2cccc(Br)c2)[C@@H](Cc2ccccc2)C(=O)NC(C)(C)C)S(C)(=O)=O)cc1. The van der Waals surface area contributed by atoms with Crippen molar-refractivity contribution in [2.75, 3.05) is 17.1 Å². The van der Waals surface area contributed by atoms with Gasteiger partial charge in [0.05, 0.1) is 11.9 Å². The summed E-state index contributed by atoms with van der Waals surface area (Å²) in [6, 6.07) is 23.3. The number of nitrogens with zero attached hydrogens (tertiary/aromatic N) is 2. The van der Waals surface area contributed by atoms with Crippen molar-refractivity contribution in [1.82, 2.24) is 10.2 Å². The molecule has 0 spiro atoms. The molecule has 3 aromatic rings. The molecule has 41 heavy (non-hydrogen) atoms. The number of amides is 2. The van der Waals surface area contributed by atoms with Crippen LogP contribution in [-0.4, -0.2) is 49.5 Å². The Morgan fingerprint density at radius 2 is 1.51 bits per heavy atom. The van der Waals surface area contributed by atoms with Crippen LogP contribution in [0.5, 0.6) is 0 Å². The van der Waals surface area contributed by atoms with E-state index >= 15 is 0 Å². The minimum absolute atomic E-state index is 0.122. The summed E-state index contributed by atoms with van der Waals surface area (Å²) in [5, 5.41) is 3.03. The van der Waals surface area contributed by atoms with Gasteiger partial charge in [0.15, 0.2) is 0 Å². The average molecular weight is 643 g/mol. The predicted molar refractivity (Wildman–Crippen MR) is 169 cm³/mol. The summed E-state index contributed by atoms with van der Waals surface area (Å²) in [5.74, 6) is -0.511. The van der Waals surface area contributed by atoms with E-state index in [1.165, 1.54) is 4.90 Å². The van der Waals surface area contributed by atoms with E-state index in [0.29, 0.717) is 5.69 Å². The summed E-state index contributed by atoms with van der Waals surface area (Å²) < 4.78 is 27.9. The van der Waals surface area contributed by atoms with Gasteiger partial charge in [0, 0.05) is 23.0 Å². The van der Waals surface area contributed by atoms with Crippen LogP contribution in [0.25, 0.3) is 0 Å². The lowest BCUT2D eigenvalue weighted by Gasteiger charge is -2.35. The van der Waals surface area contributed by atoms with Crippen LogP contribution in [0.1, 0.15) is 57.2 Å². The van der Waals surface area contributed by atoms with E-state index in [9.17, 15) is 18.0 Å². The molecule has 0 fully saturated rings. The van der Waals surface area contributed by atoms with Crippen molar-refractivity contribution < 1.29 is 18.0 Å². The van der Waals surface area contributed by atoms with Gasteiger partial charge in [-0.25, -0.2) is 8.42 Å². The number of anilines is 1. The van der Waals surface area contributed by atoms with Gasteiger partial charge >= 0.3 is 0 Å². The van der Waals surface area contributed by atoms with E-state index < -0.39 is 34.1 Å². The number of benzene rings is 3. The molecular weight excluding hydrogens is 602 g/mol. The van der Waals surface area contributed by atoms with Crippen LogP contribution in [-0.2, 0) is 32.6 Å². The molecule has 0 radical (unpaired) electrons. The molecule has 7 nitrogen and oxygen atoms in total. The van der Waals surface area contributed by atoms with Crippen LogP contribution < -0.4 is 9.62 Å². The molecule has 0 saturated heterocycles. The highest BCUT2D eigenvalue weighted by molar-refractivity contribution is 9.10. The molecule has 2 amide bonds. The molecule has 0 heterocycles. The lowest BCUT2D eigenvalue weighted by Crippen LogP contribution is -2.56. The number of rotatable bonds is 11. The van der Waals surface area contributed by atoms with Crippen LogP contribution in [0, 0.1) is 0 Å². The average Bonchev–Trinajstić information content (AvgIpc) is 2.88. The summed E-state index contributed by atoms with van der Waals surface area (Å²) in [7, 11) is -3.82. The van der Waals surface area contributed by atoms with E-state index in [1.54, 1.807) is 12.1 Å². The molecule has 0 aliphatic carbocycles. The number of sulfonamides is 1. The van der Waals surface area contributed by atoms with Gasteiger partial charge in [-0.1, -0.05) is 84.4 Å². The minimum atomic E-state index is -3.82. The lowest BCUT2D eigenvalue weighted by molar-refractivity contribution is -0.140. The molecule has 3 rings (SSSR count). The Kier molecular flexibility index (Phi) is 10.8. The second kappa shape index (κ2) is 13.7. The highest BCUT2D eigenvalue weighted by Crippen LogP contribution is 2.24. The summed E-state index contributed by atoms with van der Waals surface area (Å²) in [4.78, 5) is 29.4. The van der Waals surface area contributed by atoms with E-state index in [2.05, 4.69) is 35.1 Å². The molecule has 0 bridgehead atoms. The van der Waals surface area contributed by atoms with E-state index in [-0.39, 0.29) is 24.8 Å². The van der Waals surface area contributed by atoms with Crippen LogP contribution in [0.2, 0.25) is 0 Å². The number of halogens is 1. The molecule has 1 N–H and O–H groups in total. The van der Waals surface area contributed by atoms with Gasteiger partial charge in [-0.3, -0.25) is 13.9 Å². The third-order valence-corrected chi connectivity index (χ3v) is 8.17. The maximum absolute atomic E-state index is 14.2. The quantitative estimate of drug-likeness (QED) is 0.283. The van der Waals surface area contributed by atoms with E-state index in [1.807, 2.05) is 87.5 Å². The minimum Gasteiger partial charge on any atom is -0.350 e. The fraction of sp³-hybridized carbons (Fsp3) is 0.375. The van der Waals surface area contributed by atoms with Crippen molar-refractivity contribution in [2.45, 2.75) is 65.1 Å². The molecule has 1 atom stereocenters. The zero-order valence-corrected chi connectivity index (χ0v) is 27.0. The zero-order chi connectivity index (χ0) is 30.4. The Morgan fingerprint density at radius 3 is 2.05 bits per heavy atom.